The second-order valence-electron chi connectivity index (χ2n) is 7.35. The van der Waals surface area contributed by atoms with E-state index in [1.807, 2.05) is 4.90 Å². The Morgan fingerprint density at radius 3 is 2.73 bits per heavy atom. The van der Waals surface area contributed by atoms with Crippen LogP contribution in [-0.4, -0.2) is 67.0 Å². The summed E-state index contributed by atoms with van der Waals surface area (Å²) in [4.78, 5) is 17.3. The van der Waals surface area contributed by atoms with Crippen LogP contribution in [0, 0.1) is 5.82 Å². The summed E-state index contributed by atoms with van der Waals surface area (Å²) in [5, 5.41) is 19.4. The van der Waals surface area contributed by atoms with Gasteiger partial charge in [0, 0.05) is 19.3 Å². The number of nitrogens with zero attached hydrogens (tertiary/aromatic N) is 9. The molecule has 0 unspecified atom stereocenters. The van der Waals surface area contributed by atoms with Gasteiger partial charge in [0.05, 0.1) is 36.7 Å². The van der Waals surface area contributed by atoms with E-state index in [4.69, 9.17) is 4.74 Å². The normalized spacial score (nSPS) is 20.0. The Morgan fingerprint density at radius 1 is 1.17 bits per heavy atom. The molecule has 0 aliphatic carbocycles. The summed E-state index contributed by atoms with van der Waals surface area (Å²) in [6, 6.07) is 5.03. The van der Waals surface area contributed by atoms with Crippen molar-refractivity contribution in [3.05, 3.63) is 42.7 Å². The first-order chi connectivity index (χ1) is 14.7. The van der Waals surface area contributed by atoms with Crippen LogP contribution in [0.15, 0.2) is 36.9 Å². The van der Waals surface area contributed by atoms with Crippen LogP contribution < -0.4 is 9.80 Å². The van der Waals surface area contributed by atoms with Gasteiger partial charge in [0.25, 0.3) is 0 Å². The molecule has 5 rings (SSSR count). The van der Waals surface area contributed by atoms with Gasteiger partial charge in [0.2, 0.25) is 0 Å². The fourth-order valence-electron chi connectivity index (χ4n) is 3.97. The molecule has 2 saturated heterocycles. The number of piperidine rings is 1. The summed E-state index contributed by atoms with van der Waals surface area (Å²) in [6.45, 7) is 2.11. The lowest BCUT2D eigenvalue weighted by Crippen LogP contribution is -2.36. The summed E-state index contributed by atoms with van der Waals surface area (Å²) in [5.41, 5.74) is 1.000. The quantitative estimate of drug-likeness (QED) is 0.616. The third kappa shape index (κ3) is 3.55. The molecule has 4 heterocycles. The first-order valence-corrected chi connectivity index (χ1v) is 9.76. The molecule has 2 aliphatic rings. The van der Waals surface area contributed by atoms with Crippen LogP contribution in [-0.2, 0) is 11.3 Å². The lowest BCUT2D eigenvalue weighted by atomic mass is 10.0. The molecule has 1 amide bonds. The first kappa shape index (κ1) is 18.5. The van der Waals surface area contributed by atoms with Gasteiger partial charge in [-0.2, -0.15) is 4.80 Å². The molecule has 2 aliphatic heterocycles. The zero-order valence-corrected chi connectivity index (χ0v) is 16.1. The van der Waals surface area contributed by atoms with Crippen LogP contribution in [0.25, 0.3) is 0 Å². The number of anilines is 2. The largest absolute Gasteiger partial charge is 0.442 e. The van der Waals surface area contributed by atoms with Crippen LogP contribution in [0.3, 0.4) is 0 Å². The lowest BCUT2D eigenvalue weighted by Gasteiger charge is -2.33. The van der Waals surface area contributed by atoms with Crippen LogP contribution in [0.4, 0.5) is 20.6 Å². The molecule has 0 bridgehead atoms. The standard InChI is InChI=1S/C18H20FN9O2/c19-16-9-14(27-11-15(30-18(27)29)10-26-8-5-20-23-26)1-2-17(16)25-6-3-13(4-7-25)28-22-12-21-24-28/h1-2,5,8-9,12-13,15H,3-4,6-7,10-11H2/t15-/m1/s1. The van der Waals surface area contributed by atoms with Crippen molar-refractivity contribution in [2.45, 2.75) is 31.5 Å². The summed E-state index contributed by atoms with van der Waals surface area (Å²) in [6.07, 6.45) is 5.44. The van der Waals surface area contributed by atoms with E-state index in [0.29, 0.717) is 37.6 Å². The van der Waals surface area contributed by atoms with Gasteiger partial charge < -0.3 is 9.64 Å². The van der Waals surface area contributed by atoms with Gasteiger partial charge in [0.1, 0.15) is 11.9 Å². The first-order valence-electron chi connectivity index (χ1n) is 9.76. The molecule has 12 heteroatoms. The number of rotatable bonds is 5. The number of hydrogen-bond acceptors (Lipinski definition) is 8. The Hall–Kier alpha value is -3.57. The Balaban J connectivity index is 1.24. The number of cyclic esters (lactones) is 1. The predicted octanol–water partition coefficient (Wildman–Crippen LogP) is 1.27. The van der Waals surface area contributed by atoms with Gasteiger partial charge in [-0.25, -0.2) is 13.9 Å². The smallest absolute Gasteiger partial charge is 0.414 e. The second-order valence-corrected chi connectivity index (χ2v) is 7.35. The predicted molar refractivity (Wildman–Crippen MR) is 102 cm³/mol. The fourth-order valence-corrected chi connectivity index (χ4v) is 3.97. The SMILES string of the molecule is O=C1O[C@H](Cn2ccnn2)CN1c1ccc(N2CCC(n3ncnn3)CC2)c(F)c1. The molecule has 0 radical (unpaired) electrons. The monoisotopic (exact) mass is 413 g/mol. The van der Waals surface area contributed by atoms with E-state index < -0.39 is 6.09 Å². The zero-order valence-electron chi connectivity index (χ0n) is 16.1. The average molecular weight is 413 g/mol. The van der Waals surface area contributed by atoms with E-state index >= 15 is 0 Å². The number of amides is 1. The van der Waals surface area contributed by atoms with Crippen molar-refractivity contribution < 1.29 is 13.9 Å². The van der Waals surface area contributed by atoms with Crippen molar-refractivity contribution in [1.82, 2.24) is 35.2 Å². The van der Waals surface area contributed by atoms with Crippen molar-refractivity contribution >= 4 is 17.5 Å². The van der Waals surface area contributed by atoms with Crippen LogP contribution in [0.1, 0.15) is 18.9 Å². The molecule has 2 fully saturated rings. The molecule has 3 aromatic rings. The highest BCUT2D eigenvalue weighted by atomic mass is 19.1. The maximum absolute atomic E-state index is 14.9. The highest BCUT2D eigenvalue weighted by Gasteiger charge is 2.33. The summed E-state index contributed by atoms with van der Waals surface area (Å²) < 4.78 is 21.9. The molecule has 11 nitrogen and oxygen atoms in total. The minimum Gasteiger partial charge on any atom is -0.442 e. The van der Waals surface area contributed by atoms with Crippen molar-refractivity contribution in [3.8, 4) is 0 Å². The molecule has 0 saturated carbocycles. The number of aromatic nitrogens is 7. The highest BCUT2D eigenvalue weighted by molar-refractivity contribution is 5.90. The Labute approximate surface area is 171 Å². The minimum absolute atomic E-state index is 0.173. The average Bonchev–Trinajstić information content (AvgIpc) is 3.51. The number of carbonyl (C=O) groups is 1. The second kappa shape index (κ2) is 7.69. The topological polar surface area (TPSA) is 107 Å². The Bertz CT molecular complexity index is 1000. The number of halogens is 1. The van der Waals surface area contributed by atoms with Gasteiger partial charge in [-0.15, -0.1) is 15.3 Å². The van der Waals surface area contributed by atoms with E-state index in [9.17, 15) is 9.18 Å². The van der Waals surface area contributed by atoms with E-state index in [-0.39, 0.29) is 18.0 Å². The van der Waals surface area contributed by atoms with E-state index in [1.54, 1.807) is 34.0 Å². The van der Waals surface area contributed by atoms with Crippen LogP contribution in [0.5, 0.6) is 0 Å². The van der Waals surface area contributed by atoms with Gasteiger partial charge >= 0.3 is 6.09 Å². The Morgan fingerprint density at radius 2 is 2.03 bits per heavy atom. The number of hydrogen-bond donors (Lipinski definition) is 0. The zero-order chi connectivity index (χ0) is 20.5. The molecule has 1 aromatic carbocycles. The van der Waals surface area contributed by atoms with Crippen molar-refractivity contribution in [2.24, 2.45) is 0 Å². The van der Waals surface area contributed by atoms with Gasteiger partial charge in [-0.05, 0) is 36.3 Å². The number of benzene rings is 1. The Kier molecular flexibility index (Phi) is 4.73. The minimum atomic E-state index is -0.492. The van der Waals surface area contributed by atoms with Gasteiger partial charge in [-0.3, -0.25) is 4.90 Å². The molecule has 0 N–H and O–H groups in total. The molecule has 0 spiro atoms. The summed E-state index contributed by atoms with van der Waals surface area (Å²) >= 11 is 0. The van der Waals surface area contributed by atoms with E-state index in [1.165, 1.54) is 17.3 Å². The molecular weight excluding hydrogens is 393 g/mol. The molecule has 2 aromatic heterocycles. The fraction of sp³-hybridized carbons (Fsp3) is 0.444. The maximum atomic E-state index is 14.9. The molecule has 1 atom stereocenters. The van der Waals surface area contributed by atoms with Gasteiger partial charge in [-0.1, -0.05) is 5.21 Å². The van der Waals surface area contributed by atoms with Crippen molar-refractivity contribution in [2.75, 3.05) is 29.4 Å². The van der Waals surface area contributed by atoms with Crippen molar-refractivity contribution in [3.63, 3.8) is 0 Å². The van der Waals surface area contributed by atoms with Crippen LogP contribution >= 0.6 is 0 Å². The molecule has 30 heavy (non-hydrogen) atoms. The van der Waals surface area contributed by atoms with Crippen LogP contribution in [0.2, 0.25) is 0 Å². The third-order valence-corrected chi connectivity index (χ3v) is 5.48. The molecular formula is C18H20FN9O2. The van der Waals surface area contributed by atoms with Gasteiger partial charge in [0.15, 0.2) is 6.33 Å². The third-order valence-electron chi connectivity index (χ3n) is 5.48. The summed E-state index contributed by atoms with van der Waals surface area (Å²) in [7, 11) is 0. The highest BCUT2D eigenvalue weighted by Crippen LogP contribution is 2.31. The van der Waals surface area contributed by atoms with E-state index in [0.717, 1.165) is 12.8 Å². The van der Waals surface area contributed by atoms with Crippen molar-refractivity contribution in [1.29, 1.82) is 0 Å². The number of tetrazole rings is 1. The molecule has 156 valence electrons. The lowest BCUT2D eigenvalue weighted by molar-refractivity contribution is 0.129. The maximum Gasteiger partial charge on any atom is 0.414 e. The van der Waals surface area contributed by atoms with E-state index in [2.05, 4.69) is 25.7 Å². The number of ether oxygens (including phenoxy) is 1. The summed E-state index contributed by atoms with van der Waals surface area (Å²) in [5.74, 6) is -0.364. The number of carbonyl (C=O) groups excluding carboxylic acids is 1.